The fourth-order valence-corrected chi connectivity index (χ4v) is 4.73. The fraction of sp³-hybridized carbons (Fsp3) is 0.333. The quantitative estimate of drug-likeness (QED) is 0.321. The molecule has 0 aliphatic carbocycles. The van der Waals surface area contributed by atoms with E-state index in [1.165, 1.54) is 12.1 Å². The number of anilines is 2. The second kappa shape index (κ2) is 9.77. The summed E-state index contributed by atoms with van der Waals surface area (Å²) in [7, 11) is 0. The van der Waals surface area contributed by atoms with E-state index in [0.717, 1.165) is 12.1 Å². The standard InChI is InChI=1S/C27H24F5N3O3/c28-26(29)7-9-35(10-8-26)22-12-17-3-5-19(15-21(17)34-25(22)37)33-24(36)13-16-2-1-11-38-23-14-18(27(30,31)32)4-6-20(16)23/h3-6,12-15H,1-2,7-11H2,(H,33,36)(H,34,37)/b16-13+. The summed E-state index contributed by atoms with van der Waals surface area (Å²) < 4.78 is 71.8. The first kappa shape index (κ1) is 25.7. The largest absolute Gasteiger partial charge is 0.493 e. The molecule has 1 aromatic heterocycles. The molecular formula is C27H24F5N3O3. The van der Waals surface area contributed by atoms with E-state index in [2.05, 4.69) is 10.3 Å². The van der Waals surface area contributed by atoms with Gasteiger partial charge < -0.3 is 19.9 Å². The molecule has 1 fully saturated rings. The van der Waals surface area contributed by atoms with Crippen molar-refractivity contribution >= 4 is 33.8 Å². The Morgan fingerprint density at radius 2 is 1.84 bits per heavy atom. The first-order valence-corrected chi connectivity index (χ1v) is 12.1. The number of piperidine rings is 1. The highest BCUT2D eigenvalue weighted by Gasteiger charge is 2.35. The number of amides is 1. The molecular weight excluding hydrogens is 509 g/mol. The Labute approximate surface area is 214 Å². The van der Waals surface area contributed by atoms with Gasteiger partial charge in [-0.25, -0.2) is 8.78 Å². The number of carbonyl (C=O) groups is 1. The van der Waals surface area contributed by atoms with Crippen LogP contribution in [-0.2, 0) is 11.0 Å². The summed E-state index contributed by atoms with van der Waals surface area (Å²) in [4.78, 5) is 29.9. The second-order valence-corrected chi connectivity index (χ2v) is 9.45. The van der Waals surface area contributed by atoms with Crippen LogP contribution in [0.3, 0.4) is 0 Å². The number of hydrogen-bond donors (Lipinski definition) is 2. The molecule has 0 unspecified atom stereocenters. The Kier molecular flexibility index (Phi) is 6.62. The van der Waals surface area contributed by atoms with E-state index in [9.17, 15) is 31.5 Å². The number of H-pyrrole nitrogens is 1. The molecule has 6 nitrogen and oxygen atoms in total. The molecule has 2 aromatic carbocycles. The zero-order chi connectivity index (χ0) is 27.1. The third-order valence-corrected chi connectivity index (χ3v) is 6.74. The van der Waals surface area contributed by atoms with Crippen molar-refractivity contribution in [2.75, 3.05) is 29.9 Å². The predicted octanol–water partition coefficient (Wildman–Crippen LogP) is 5.98. The lowest BCUT2D eigenvalue weighted by atomic mass is 9.99. The van der Waals surface area contributed by atoms with Crippen molar-refractivity contribution in [3.63, 3.8) is 0 Å². The number of allylic oxidation sites excluding steroid dienone is 1. The van der Waals surface area contributed by atoms with E-state index in [1.54, 1.807) is 29.2 Å². The Bertz CT molecular complexity index is 1470. The molecule has 11 heteroatoms. The van der Waals surface area contributed by atoms with Crippen molar-refractivity contribution in [1.29, 1.82) is 0 Å². The van der Waals surface area contributed by atoms with Gasteiger partial charge in [-0.3, -0.25) is 9.59 Å². The van der Waals surface area contributed by atoms with Crippen LogP contribution in [-0.4, -0.2) is 36.5 Å². The number of pyridine rings is 1. The molecule has 3 heterocycles. The third-order valence-electron chi connectivity index (χ3n) is 6.74. The van der Waals surface area contributed by atoms with Gasteiger partial charge in [0.25, 0.3) is 11.5 Å². The number of nitrogens with zero attached hydrogens (tertiary/aromatic N) is 1. The molecule has 0 atom stereocenters. The summed E-state index contributed by atoms with van der Waals surface area (Å²) >= 11 is 0. The van der Waals surface area contributed by atoms with Crippen LogP contribution in [0.5, 0.6) is 5.75 Å². The monoisotopic (exact) mass is 533 g/mol. The SMILES string of the molecule is O=C(/C=C1\CCCOc2cc(C(F)(F)F)ccc21)Nc1ccc2cc(N3CCC(F)(F)CC3)c(=O)[nH]c2c1. The Hall–Kier alpha value is -3.89. The predicted molar refractivity (Wildman–Crippen MR) is 134 cm³/mol. The number of benzene rings is 2. The summed E-state index contributed by atoms with van der Waals surface area (Å²) in [5.74, 6) is -3.13. The van der Waals surface area contributed by atoms with Crippen LogP contribution in [0, 0.1) is 0 Å². The molecule has 2 N–H and O–H groups in total. The average molecular weight is 533 g/mol. The number of halogens is 5. The maximum Gasteiger partial charge on any atom is 0.416 e. The minimum atomic E-state index is -4.51. The van der Waals surface area contributed by atoms with Gasteiger partial charge in [0.05, 0.1) is 17.7 Å². The number of ether oxygens (including phenoxy) is 1. The van der Waals surface area contributed by atoms with Crippen molar-refractivity contribution in [3.05, 3.63) is 70.0 Å². The molecule has 38 heavy (non-hydrogen) atoms. The Morgan fingerprint density at radius 3 is 2.58 bits per heavy atom. The Morgan fingerprint density at radius 1 is 1.08 bits per heavy atom. The summed E-state index contributed by atoms with van der Waals surface area (Å²) in [6.07, 6.45) is -2.82. The average Bonchev–Trinajstić information content (AvgIpc) is 3.05. The van der Waals surface area contributed by atoms with Gasteiger partial charge in [0.2, 0.25) is 5.91 Å². The van der Waals surface area contributed by atoms with Gasteiger partial charge in [-0.1, -0.05) is 12.1 Å². The first-order chi connectivity index (χ1) is 18.0. The number of hydrogen-bond acceptors (Lipinski definition) is 4. The van der Waals surface area contributed by atoms with E-state index in [-0.39, 0.29) is 38.3 Å². The van der Waals surface area contributed by atoms with E-state index in [1.807, 2.05) is 0 Å². The molecule has 1 amide bonds. The molecule has 0 saturated carbocycles. The van der Waals surface area contributed by atoms with Crippen LogP contribution in [0.2, 0.25) is 0 Å². The van der Waals surface area contributed by atoms with Gasteiger partial charge in [-0.05, 0) is 48.7 Å². The minimum absolute atomic E-state index is 0.0767. The maximum atomic E-state index is 13.5. The van der Waals surface area contributed by atoms with Crippen LogP contribution >= 0.6 is 0 Å². The van der Waals surface area contributed by atoms with E-state index in [0.29, 0.717) is 46.3 Å². The van der Waals surface area contributed by atoms with Gasteiger partial charge in [0.15, 0.2) is 0 Å². The number of aromatic amines is 1. The highest BCUT2D eigenvalue weighted by molar-refractivity contribution is 6.05. The van der Waals surface area contributed by atoms with E-state index in [4.69, 9.17) is 4.74 Å². The Balaban J connectivity index is 1.35. The molecule has 2 aliphatic rings. The number of nitrogens with one attached hydrogen (secondary N) is 2. The molecule has 0 spiro atoms. The maximum absolute atomic E-state index is 13.5. The summed E-state index contributed by atoms with van der Waals surface area (Å²) in [6.45, 7) is 0.388. The lowest BCUT2D eigenvalue weighted by Crippen LogP contribution is -2.41. The van der Waals surface area contributed by atoms with Crippen molar-refractivity contribution in [2.45, 2.75) is 37.8 Å². The fourth-order valence-electron chi connectivity index (χ4n) is 4.73. The molecule has 2 aliphatic heterocycles. The van der Waals surface area contributed by atoms with Crippen LogP contribution in [0.4, 0.5) is 33.3 Å². The highest BCUT2D eigenvalue weighted by Crippen LogP contribution is 2.38. The van der Waals surface area contributed by atoms with Crippen molar-refractivity contribution < 1.29 is 31.5 Å². The highest BCUT2D eigenvalue weighted by atomic mass is 19.4. The summed E-state index contributed by atoms with van der Waals surface area (Å²) in [5, 5.41) is 3.39. The normalized spacial score (nSPS) is 18.6. The number of alkyl halides is 5. The van der Waals surface area contributed by atoms with Gasteiger partial charge in [0, 0.05) is 48.6 Å². The van der Waals surface area contributed by atoms with Gasteiger partial charge in [0.1, 0.15) is 11.4 Å². The molecule has 0 bridgehead atoms. The van der Waals surface area contributed by atoms with E-state index < -0.39 is 29.1 Å². The molecule has 3 aromatic rings. The molecule has 1 saturated heterocycles. The van der Waals surface area contributed by atoms with Crippen LogP contribution in [0.15, 0.2) is 53.3 Å². The van der Waals surface area contributed by atoms with Gasteiger partial charge in [-0.2, -0.15) is 13.2 Å². The van der Waals surface area contributed by atoms with Gasteiger partial charge >= 0.3 is 6.18 Å². The van der Waals surface area contributed by atoms with Crippen LogP contribution < -0.4 is 20.5 Å². The number of carbonyl (C=O) groups excluding carboxylic acids is 1. The van der Waals surface area contributed by atoms with Crippen molar-refractivity contribution in [1.82, 2.24) is 4.98 Å². The smallest absolute Gasteiger partial charge is 0.416 e. The van der Waals surface area contributed by atoms with Crippen LogP contribution in [0.1, 0.15) is 36.8 Å². The molecule has 5 rings (SSSR count). The topological polar surface area (TPSA) is 74.4 Å². The first-order valence-electron chi connectivity index (χ1n) is 12.1. The number of fused-ring (bicyclic) bond motifs is 2. The summed E-state index contributed by atoms with van der Waals surface area (Å²) in [5.41, 5.74) is 0.913. The number of rotatable bonds is 3. The minimum Gasteiger partial charge on any atom is -0.493 e. The zero-order valence-electron chi connectivity index (χ0n) is 20.1. The van der Waals surface area contributed by atoms with Crippen molar-refractivity contribution in [3.8, 4) is 5.75 Å². The van der Waals surface area contributed by atoms with Crippen LogP contribution in [0.25, 0.3) is 16.5 Å². The lowest BCUT2D eigenvalue weighted by molar-refractivity contribution is -0.137. The van der Waals surface area contributed by atoms with Gasteiger partial charge in [-0.15, -0.1) is 0 Å². The van der Waals surface area contributed by atoms with Crippen molar-refractivity contribution in [2.24, 2.45) is 0 Å². The molecule has 200 valence electrons. The van der Waals surface area contributed by atoms with E-state index >= 15 is 0 Å². The lowest BCUT2D eigenvalue weighted by Gasteiger charge is -2.32. The zero-order valence-corrected chi connectivity index (χ0v) is 20.1. The number of aromatic nitrogens is 1. The third kappa shape index (κ3) is 5.51. The molecule has 0 radical (unpaired) electrons. The summed E-state index contributed by atoms with van der Waals surface area (Å²) in [6, 6.07) is 9.78. The second-order valence-electron chi connectivity index (χ2n) is 9.45.